The molecule has 1 aromatic heterocycles. The molecule has 0 saturated heterocycles. The number of nitrogens with one attached hydrogen (secondary N) is 1. The Balaban J connectivity index is 2.38. The van der Waals surface area contributed by atoms with Gasteiger partial charge in [0.1, 0.15) is 0 Å². The molecule has 82 valence electrons. The number of H-pyrrole nitrogens is 1. The molecule has 0 bridgehead atoms. The zero-order valence-corrected chi connectivity index (χ0v) is 9.45. The van der Waals surface area contributed by atoms with E-state index in [1.807, 2.05) is 31.2 Å². The van der Waals surface area contributed by atoms with Gasteiger partial charge in [-0.2, -0.15) is 5.10 Å². The third-order valence-corrected chi connectivity index (χ3v) is 2.65. The second kappa shape index (κ2) is 4.31. The van der Waals surface area contributed by atoms with E-state index in [9.17, 15) is 4.79 Å². The summed E-state index contributed by atoms with van der Waals surface area (Å²) in [6, 6.07) is 9.93. The molecule has 0 aliphatic carbocycles. The summed E-state index contributed by atoms with van der Waals surface area (Å²) in [5.41, 5.74) is 3.88. The minimum Gasteiger partial charge on any atom is -0.268 e. The third kappa shape index (κ3) is 2.19. The summed E-state index contributed by atoms with van der Waals surface area (Å²) in [6.45, 7) is 3.93. The maximum atomic E-state index is 11.6. The number of aromatic nitrogens is 2. The van der Waals surface area contributed by atoms with Gasteiger partial charge in [0, 0.05) is 12.0 Å². The quantitative estimate of drug-likeness (QED) is 0.830. The van der Waals surface area contributed by atoms with Crippen LogP contribution in [0.2, 0.25) is 0 Å². The fraction of sp³-hybridized carbons (Fsp3) is 0.231. The average Bonchev–Trinajstić information content (AvgIpc) is 2.27. The Morgan fingerprint density at radius 3 is 2.69 bits per heavy atom. The fourth-order valence-electron chi connectivity index (χ4n) is 1.71. The van der Waals surface area contributed by atoms with Gasteiger partial charge in [-0.25, -0.2) is 5.10 Å². The van der Waals surface area contributed by atoms with Crippen molar-refractivity contribution in [1.82, 2.24) is 10.2 Å². The Hall–Kier alpha value is -1.90. The van der Waals surface area contributed by atoms with Crippen LogP contribution in [0.5, 0.6) is 0 Å². The maximum Gasteiger partial charge on any atom is 0.267 e. The van der Waals surface area contributed by atoms with E-state index >= 15 is 0 Å². The Morgan fingerprint density at radius 1 is 1.19 bits per heavy atom. The van der Waals surface area contributed by atoms with Gasteiger partial charge in [0.2, 0.25) is 0 Å². The van der Waals surface area contributed by atoms with Crippen molar-refractivity contribution in [3.8, 4) is 0 Å². The molecule has 0 aliphatic heterocycles. The van der Waals surface area contributed by atoms with Crippen molar-refractivity contribution in [2.24, 2.45) is 0 Å². The van der Waals surface area contributed by atoms with Crippen LogP contribution in [-0.4, -0.2) is 10.2 Å². The lowest BCUT2D eigenvalue weighted by atomic mass is 10.0. The molecule has 3 nitrogen and oxygen atoms in total. The standard InChI is InChI=1S/C13H14N2O/c1-9-5-3-4-6-11(9)8-12-7-10(2)14-15-13(12)16/h3-7H,8H2,1-2H3,(H,15,16). The molecule has 2 rings (SSSR count). The first kappa shape index (κ1) is 10.6. The van der Waals surface area contributed by atoms with Crippen LogP contribution in [0.15, 0.2) is 35.1 Å². The van der Waals surface area contributed by atoms with E-state index < -0.39 is 0 Å². The largest absolute Gasteiger partial charge is 0.268 e. The van der Waals surface area contributed by atoms with Gasteiger partial charge >= 0.3 is 0 Å². The molecular formula is C13H14N2O. The van der Waals surface area contributed by atoms with Crippen LogP contribution in [0.3, 0.4) is 0 Å². The minimum absolute atomic E-state index is 0.103. The Bertz CT molecular complexity index is 558. The van der Waals surface area contributed by atoms with Crippen LogP contribution in [0.4, 0.5) is 0 Å². The van der Waals surface area contributed by atoms with Crippen molar-refractivity contribution in [2.75, 3.05) is 0 Å². The molecule has 1 heterocycles. The van der Waals surface area contributed by atoms with Gasteiger partial charge in [-0.05, 0) is 31.0 Å². The Labute approximate surface area is 94.2 Å². The summed E-state index contributed by atoms with van der Waals surface area (Å²) in [7, 11) is 0. The first-order valence-electron chi connectivity index (χ1n) is 5.26. The van der Waals surface area contributed by atoms with E-state index in [-0.39, 0.29) is 5.56 Å². The predicted molar refractivity (Wildman–Crippen MR) is 63.6 cm³/mol. The molecule has 16 heavy (non-hydrogen) atoms. The normalized spacial score (nSPS) is 10.4. The van der Waals surface area contributed by atoms with E-state index in [1.165, 1.54) is 11.1 Å². The molecule has 3 heteroatoms. The highest BCUT2D eigenvalue weighted by atomic mass is 16.1. The monoisotopic (exact) mass is 214 g/mol. The maximum absolute atomic E-state index is 11.6. The summed E-state index contributed by atoms with van der Waals surface area (Å²) in [5, 5.41) is 6.37. The highest BCUT2D eigenvalue weighted by Gasteiger charge is 2.04. The Morgan fingerprint density at radius 2 is 1.94 bits per heavy atom. The zero-order chi connectivity index (χ0) is 11.5. The van der Waals surface area contributed by atoms with Gasteiger partial charge in [-0.15, -0.1) is 0 Å². The second-order valence-electron chi connectivity index (χ2n) is 3.97. The van der Waals surface area contributed by atoms with Crippen LogP contribution in [-0.2, 0) is 6.42 Å². The van der Waals surface area contributed by atoms with Gasteiger partial charge in [0.15, 0.2) is 0 Å². The summed E-state index contributed by atoms with van der Waals surface area (Å²) >= 11 is 0. The summed E-state index contributed by atoms with van der Waals surface area (Å²) in [4.78, 5) is 11.6. The molecule has 0 amide bonds. The van der Waals surface area contributed by atoms with Gasteiger partial charge in [0.05, 0.1) is 5.69 Å². The van der Waals surface area contributed by atoms with Crippen LogP contribution < -0.4 is 5.56 Å². The molecule has 0 unspecified atom stereocenters. The number of hydrogen-bond acceptors (Lipinski definition) is 2. The van der Waals surface area contributed by atoms with Crippen LogP contribution in [0.25, 0.3) is 0 Å². The number of nitrogens with zero attached hydrogens (tertiary/aromatic N) is 1. The molecule has 0 aliphatic rings. The summed E-state index contributed by atoms with van der Waals surface area (Å²) in [5.74, 6) is 0. The predicted octanol–water partition coefficient (Wildman–Crippen LogP) is 1.98. The molecule has 0 spiro atoms. The highest BCUT2D eigenvalue weighted by Crippen LogP contribution is 2.11. The van der Waals surface area contributed by atoms with E-state index in [2.05, 4.69) is 23.2 Å². The van der Waals surface area contributed by atoms with Gasteiger partial charge in [-0.1, -0.05) is 24.3 Å². The lowest BCUT2D eigenvalue weighted by Crippen LogP contribution is -2.15. The van der Waals surface area contributed by atoms with Crippen molar-refractivity contribution < 1.29 is 0 Å². The molecule has 0 radical (unpaired) electrons. The molecule has 0 saturated carbocycles. The number of benzene rings is 1. The number of aromatic amines is 1. The molecule has 1 N–H and O–H groups in total. The van der Waals surface area contributed by atoms with E-state index in [4.69, 9.17) is 0 Å². The Kier molecular flexibility index (Phi) is 2.86. The lowest BCUT2D eigenvalue weighted by molar-refractivity contribution is 0.911. The third-order valence-electron chi connectivity index (χ3n) is 2.65. The number of hydrogen-bond donors (Lipinski definition) is 1. The smallest absolute Gasteiger partial charge is 0.267 e. The number of rotatable bonds is 2. The van der Waals surface area contributed by atoms with E-state index in [1.54, 1.807) is 0 Å². The summed E-state index contributed by atoms with van der Waals surface area (Å²) in [6.07, 6.45) is 0.658. The van der Waals surface area contributed by atoms with Crippen molar-refractivity contribution >= 4 is 0 Å². The minimum atomic E-state index is -0.103. The van der Waals surface area contributed by atoms with Crippen LogP contribution in [0, 0.1) is 13.8 Å². The lowest BCUT2D eigenvalue weighted by Gasteiger charge is -2.04. The SMILES string of the molecule is Cc1cc(Cc2ccccc2C)c(=O)[nH]n1. The molecule has 2 aromatic rings. The van der Waals surface area contributed by atoms with Gasteiger partial charge in [-0.3, -0.25) is 4.79 Å². The van der Waals surface area contributed by atoms with Crippen LogP contribution >= 0.6 is 0 Å². The average molecular weight is 214 g/mol. The molecular weight excluding hydrogens is 200 g/mol. The molecule has 1 aromatic carbocycles. The van der Waals surface area contributed by atoms with Crippen molar-refractivity contribution in [2.45, 2.75) is 20.3 Å². The zero-order valence-electron chi connectivity index (χ0n) is 9.45. The molecule has 0 fully saturated rings. The summed E-state index contributed by atoms with van der Waals surface area (Å²) < 4.78 is 0. The van der Waals surface area contributed by atoms with Crippen molar-refractivity contribution in [3.05, 3.63) is 63.1 Å². The highest BCUT2D eigenvalue weighted by molar-refractivity contribution is 5.31. The van der Waals surface area contributed by atoms with Gasteiger partial charge < -0.3 is 0 Å². The van der Waals surface area contributed by atoms with Crippen molar-refractivity contribution in [3.63, 3.8) is 0 Å². The first-order chi connectivity index (χ1) is 7.66. The fourth-order valence-corrected chi connectivity index (χ4v) is 1.71. The van der Waals surface area contributed by atoms with Gasteiger partial charge in [0.25, 0.3) is 5.56 Å². The van der Waals surface area contributed by atoms with E-state index in [0.717, 1.165) is 11.3 Å². The molecule has 0 atom stereocenters. The van der Waals surface area contributed by atoms with Crippen LogP contribution in [0.1, 0.15) is 22.4 Å². The van der Waals surface area contributed by atoms with E-state index in [0.29, 0.717) is 6.42 Å². The number of aryl methyl sites for hydroxylation is 2. The topological polar surface area (TPSA) is 45.8 Å². The first-order valence-corrected chi connectivity index (χ1v) is 5.26. The van der Waals surface area contributed by atoms with Crippen molar-refractivity contribution in [1.29, 1.82) is 0 Å². The second-order valence-corrected chi connectivity index (χ2v) is 3.97.